The molecule has 0 aliphatic rings. The zero-order valence-corrected chi connectivity index (χ0v) is 11.2. The van der Waals surface area contributed by atoms with Gasteiger partial charge in [0.25, 0.3) is 0 Å². The molecule has 1 N–H and O–H groups in total. The van der Waals surface area contributed by atoms with Crippen LogP contribution in [0.25, 0.3) is 0 Å². The maximum absolute atomic E-state index is 6.01. The molecule has 1 atom stereocenters. The molecule has 84 valence electrons. The lowest BCUT2D eigenvalue weighted by Crippen LogP contribution is -2.18. The van der Waals surface area contributed by atoms with E-state index in [0.29, 0.717) is 0 Å². The normalized spacial score (nSPS) is 12.7. The third kappa shape index (κ3) is 5.50. The summed E-state index contributed by atoms with van der Waals surface area (Å²) in [4.78, 5) is 4.27. The van der Waals surface area contributed by atoms with Gasteiger partial charge >= 0.3 is 0 Å². The van der Waals surface area contributed by atoms with Gasteiger partial charge in [0, 0.05) is 22.6 Å². The summed E-state index contributed by atoms with van der Waals surface area (Å²) in [5, 5.41) is 3.61. The first kappa shape index (κ1) is 12.9. The number of pyridine rings is 1. The molecule has 1 heterocycles. The predicted octanol–water partition coefficient (Wildman–Crippen LogP) is 3.34. The largest absolute Gasteiger partial charge is 0.311 e. The molecular weight excluding hydrogens is 275 g/mol. The zero-order valence-electron chi connectivity index (χ0n) is 8.84. The SMILES string of the molecule is CCC(Cl)CCNCc1ccc(Br)cn1. The highest BCUT2D eigenvalue weighted by Gasteiger charge is 2.00. The summed E-state index contributed by atoms with van der Waals surface area (Å²) in [6, 6.07) is 4.01. The van der Waals surface area contributed by atoms with Crippen LogP contribution in [-0.4, -0.2) is 16.9 Å². The fourth-order valence-electron chi connectivity index (χ4n) is 1.19. The van der Waals surface area contributed by atoms with Crippen LogP contribution in [0.5, 0.6) is 0 Å². The van der Waals surface area contributed by atoms with E-state index in [0.717, 1.165) is 36.1 Å². The van der Waals surface area contributed by atoms with Gasteiger partial charge in [0.1, 0.15) is 0 Å². The maximum atomic E-state index is 6.01. The number of aromatic nitrogens is 1. The Morgan fingerprint density at radius 2 is 2.33 bits per heavy atom. The molecule has 0 amide bonds. The van der Waals surface area contributed by atoms with Crippen molar-refractivity contribution in [3.05, 3.63) is 28.5 Å². The smallest absolute Gasteiger partial charge is 0.0542 e. The van der Waals surface area contributed by atoms with Gasteiger partial charge in [-0.1, -0.05) is 6.92 Å². The van der Waals surface area contributed by atoms with Crippen LogP contribution >= 0.6 is 27.5 Å². The van der Waals surface area contributed by atoms with E-state index in [1.807, 2.05) is 18.3 Å². The Bertz CT molecular complexity index is 276. The third-order valence-corrected chi connectivity index (χ3v) is 3.17. The average Bonchev–Trinajstić information content (AvgIpc) is 2.26. The molecule has 0 saturated heterocycles. The third-order valence-electron chi connectivity index (χ3n) is 2.17. The first-order valence-electron chi connectivity index (χ1n) is 5.17. The summed E-state index contributed by atoms with van der Waals surface area (Å²) in [5.74, 6) is 0. The monoisotopic (exact) mass is 290 g/mol. The minimum Gasteiger partial charge on any atom is -0.311 e. The molecule has 0 spiro atoms. The van der Waals surface area contributed by atoms with Crippen LogP contribution in [0.3, 0.4) is 0 Å². The van der Waals surface area contributed by atoms with Gasteiger partial charge in [0.15, 0.2) is 0 Å². The van der Waals surface area contributed by atoms with Gasteiger partial charge in [-0.05, 0) is 47.4 Å². The molecule has 0 aliphatic heterocycles. The van der Waals surface area contributed by atoms with E-state index >= 15 is 0 Å². The number of hydrogen-bond acceptors (Lipinski definition) is 2. The van der Waals surface area contributed by atoms with Crippen molar-refractivity contribution in [1.82, 2.24) is 10.3 Å². The summed E-state index contributed by atoms with van der Waals surface area (Å²) in [7, 11) is 0. The van der Waals surface area contributed by atoms with Crippen molar-refractivity contribution >= 4 is 27.5 Å². The molecule has 0 radical (unpaired) electrons. The van der Waals surface area contributed by atoms with Crippen LogP contribution in [0.15, 0.2) is 22.8 Å². The Labute approximate surface area is 105 Å². The fraction of sp³-hybridized carbons (Fsp3) is 0.545. The highest BCUT2D eigenvalue weighted by molar-refractivity contribution is 9.10. The van der Waals surface area contributed by atoms with Gasteiger partial charge in [0.05, 0.1) is 5.69 Å². The molecule has 0 bridgehead atoms. The summed E-state index contributed by atoms with van der Waals surface area (Å²) in [5.41, 5.74) is 1.06. The van der Waals surface area contributed by atoms with Crippen molar-refractivity contribution in [1.29, 1.82) is 0 Å². The molecule has 0 saturated carbocycles. The van der Waals surface area contributed by atoms with E-state index in [4.69, 9.17) is 11.6 Å². The Morgan fingerprint density at radius 3 is 2.93 bits per heavy atom. The second kappa shape index (κ2) is 7.20. The van der Waals surface area contributed by atoms with Gasteiger partial charge in [-0.15, -0.1) is 11.6 Å². The highest BCUT2D eigenvalue weighted by atomic mass is 79.9. The van der Waals surface area contributed by atoms with E-state index in [1.54, 1.807) is 0 Å². The summed E-state index contributed by atoms with van der Waals surface area (Å²) in [6.45, 7) is 3.86. The van der Waals surface area contributed by atoms with Crippen molar-refractivity contribution in [2.45, 2.75) is 31.7 Å². The molecule has 1 aromatic heterocycles. The molecule has 1 rings (SSSR count). The van der Waals surface area contributed by atoms with Gasteiger partial charge in [-0.25, -0.2) is 0 Å². The van der Waals surface area contributed by atoms with Crippen LogP contribution in [0, 0.1) is 0 Å². The number of hydrogen-bond donors (Lipinski definition) is 1. The minimum atomic E-state index is 0.287. The van der Waals surface area contributed by atoms with Crippen LogP contribution in [0.4, 0.5) is 0 Å². The van der Waals surface area contributed by atoms with Gasteiger partial charge in [-0.3, -0.25) is 4.98 Å². The second-order valence-corrected chi connectivity index (χ2v) is 4.97. The van der Waals surface area contributed by atoms with Crippen LogP contribution < -0.4 is 5.32 Å². The standard InChI is InChI=1S/C11H16BrClN2/c1-2-10(13)5-6-14-8-11-4-3-9(12)7-15-11/h3-4,7,10,14H,2,5-6,8H2,1H3. The lowest BCUT2D eigenvalue weighted by atomic mass is 10.2. The molecule has 0 aliphatic carbocycles. The molecule has 1 aromatic rings. The molecule has 1 unspecified atom stereocenters. The Balaban J connectivity index is 2.17. The zero-order chi connectivity index (χ0) is 11.1. The van der Waals surface area contributed by atoms with Crippen LogP contribution in [0.1, 0.15) is 25.5 Å². The molecule has 15 heavy (non-hydrogen) atoms. The Kier molecular flexibility index (Phi) is 6.22. The lowest BCUT2D eigenvalue weighted by Gasteiger charge is -2.07. The minimum absolute atomic E-state index is 0.287. The van der Waals surface area contributed by atoms with Crippen LogP contribution in [0.2, 0.25) is 0 Å². The van der Waals surface area contributed by atoms with Gasteiger partial charge in [-0.2, -0.15) is 0 Å². The Morgan fingerprint density at radius 1 is 1.53 bits per heavy atom. The number of nitrogens with zero attached hydrogens (tertiary/aromatic N) is 1. The first-order valence-corrected chi connectivity index (χ1v) is 6.40. The maximum Gasteiger partial charge on any atom is 0.0542 e. The summed E-state index contributed by atoms with van der Waals surface area (Å²) < 4.78 is 1.01. The van der Waals surface area contributed by atoms with Crippen molar-refractivity contribution in [3.63, 3.8) is 0 Å². The van der Waals surface area contributed by atoms with E-state index in [1.165, 1.54) is 0 Å². The average molecular weight is 292 g/mol. The number of rotatable bonds is 6. The van der Waals surface area contributed by atoms with Crippen molar-refractivity contribution in [3.8, 4) is 0 Å². The van der Waals surface area contributed by atoms with Crippen molar-refractivity contribution in [2.24, 2.45) is 0 Å². The van der Waals surface area contributed by atoms with Crippen LogP contribution in [-0.2, 0) is 6.54 Å². The first-order chi connectivity index (χ1) is 7.22. The topological polar surface area (TPSA) is 24.9 Å². The van der Waals surface area contributed by atoms with Gasteiger partial charge < -0.3 is 5.32 Å². The highest BCUT2D eigenvalue weighted by Crippen LogP contribution is 2.07. The van der Waals surface area contributed by atoms with E-state index in [2.05, 4.69) is 33.2 Å². The molecule has 4 heteroatoms. The van der Waals surface area contributed by atoms with E-state index in [9.17, 15) is 0 Å². The predicted molar refractivity (Wildman–Crippen MR) is 68.2 cm³/mol. The number of halogens is 2. The summed E-state index contributed by atoms with van der Waals surface area (Å²) in [6.07, 6.45) is 3.85. The van der Waals surface area contributed by atoms with E-state index < -0.39 is 0 Å². The molecule has 0 aromatic carbocycles. The summed E-state index contributed by atoms with van der Waals surface area (Å²) >= 11 is 9.36. The lowest BCUT2D eigenvalue weighted by molar-refractivity contribution is 0.615. The molecular formula is C11H16BrClN2. The Hall–Kier alpha value is -0.120. The van der Waals surface area contributed by atoms with Crippen molar-refractivity contribution in [2.75, 3.05) is 6.54 Å². The quantitative estimate of drug-likeness (QED) is 0.642. The fourth-order valence-corrected chi connectivity index (χ4v) is 1.53. The molecule has 2 nitrogen and oxygen atoms in total. The van der Waals surface area contributed by atoms with Gasteiger partial charge in [0.2, 0.25) is 0 Å². The molecule has 0 fully saturated rings. The number of alkyl halides is 1. The number of nitrogens with one attached hydrogen (secondary N) is 1. The second-order valence-electron chi connectivity index (χ2n) is 3.44. The van der Waals surface area contributed by atoms with E-state index in [-0.39, 0.29) is 5.38 Å². The van der Waals surface area contributed by atoms with Crippen molar-refractivity contribution < 1.29 is 0 Å².